The lowest BCUT2D eigenvalue weighted by Gasteiger charge is -2.10. The zero-order valence-corrected chi connectivity index (χ0v) is 17.2. The molecule has 152 valence electrons. The van der Waals surface area contributed by atoms with Crippen molar-refractivity contribution >= 4 is 5.97 Å². The molecule has 1 aliphatic heterocycles. The number of hydrogen-bond donors (Lipinski definition) is 0. The molecule has 2 rings (SSSR count). The maximum Gasteiger partial charge on any atom is 0.306 e. The number of esters is 1. The van der Waals surface area contributed by atoms with E-state index in [0.717, 1.165) is 25.7 Å². The van der Waals surface area contributed by atoms with E-state index in [-0.39, 0.29) is 12.1 Å². The monoisotopic (exact) mass is 366 g/mol. The molecule has 0 aromatic rings. The predicted octanol–water partition coefficient (Wildman–Crippen LogP) is 6.72. The maximum absolute atomic E-state index is 11.7. The summed E-state index contributed by atoms with van der Waals surface area (Å²) in [6.07, 6.45) is 23.3. The van der Waals surface area contributed by atoms with Crippen LogP contribution in [0, 0.1) is 0 Å². The molecular formula is C23H42O3. The van der Waals surface area contributed by atoms with E-state index in [1.165, 1.54) is 83.5 Å². The van der Waals surface area contributed by atoms with Crippen molar-refractivity contribution in [3.05, 3.63) is 0 Å². The van der Waals surface area contributed by atoms with Gasteiger partial charge in [-0.3, -0.25) is 4.79 Å². The fraction of sp³-hybridized carbons (Fsp3) is 0.957. The van der Waals surface area contributed by atoms with Crippen LogP contribution in [0.5, 0.6) is 0 Å². The van der Waals surface area contributed by atoms with E-state index in [1.54, 1.807) is 0 Å². The second-order valence-electron chi connectivity index (χ2n) is 8.47. The van der Waals surface area contributed by atoms with Crippen molar-refractivity contribution < 1.29 is 14.3 Å². The molecule has 3 nitrogen and oxygen atoms in total. The van der Waals surface area contributed by atoms with Crippen molar-refractivity contribution in [3.8, 4) is 0 Å². The predicted molar refractivity (Wildman–Crippen MR) is 107 cm³/mol. The first-order valence-corrected chi connectivity index (χ1v) is 11.6. The van der Waals surface area contributed by atoms with Crippen LogP contribution < -0.4 is 0 Å². The Morgan fingerprint density at radius 3 is 1.96 bits per heavy atom. The lowest BCUT2D eigenvalue weighted by molar-refractivity contribution is -0.148. The third-order valence-corrected chi connectivity index (χ3v) is 6.00. The highest BCUT2D eigenvalue weighted by Crippen LogP contribution is 2.32. The van der Waals surface area contributed by atoms with Gasteiger partial charge in [0.05, 0.1) is 12.2 Å². The van der Waals surface area contributed by atoms with Crippen LogP contribution in [0.25, 0.3) is 0 Å². The molecule has 0 spiro atoms. The van der Waals surface area contributed by atoms with Gasteiger partial charge in [-0.2, -0.15) is 0 Å². The minimum Gasteiger partial charge on any atom is -0.462 e. The Hall–Kier alpha value is -0.570. The lowest BCUT2D eigenvalue weighted by Crippen LogP contribution is -2.14. The number of epoxide rings is 1. The molecule has 0 amide bonds. The summed E-state index contributed by atoms with van der Waals surface area (Å²) in [6, 6.07) is 0. The summed E-state index contributed by atoms with van der Waals surface area (Å²) < 4.78 is 11.3. The quantitative estimate of drug-likeness (QED) is 0.173. The Morgan fingerprint density at radius 1 is 0.808 bits per heavy atom. The summed E-state index contributed by atoms with van der Waals surface area (Å²) in [7, 11) is 0. The van der Waals surface area contributed by atoms with Crippen LogP contribution in [0.2, 0.25) is 0 Å². The highest BCUT2D eigenvalue weighted by Gasteiger charge is 2.36. The molecule has 3 heteroatoms. The molecule has 1 heterocycles. The van der Waals surface area contributed by atoms with Crippen molar-refractivity contribution in [2.75, 3.05) is 0 Å². The van der Waals surface area contributed by atoms with E-state index >= 15 is 0 Å². The fourth-order valence-corrected chi connectivity index (χ4v) is 4.21. The molecule has 0 radical (unpaired) electrons. The maximum atomic E-state index is 11.7. The highest BCUT2D eigenvalue weighted by molar-refractivity contribution is 5.69. The number of ether oxygens (including phenoxy) is 2. The summed E-state index contributed by atoms with van der Waals surface area (Å²) in [5, 5.41) is 0. The zero-order chi connectivity index (χ0) is 18.5. The van der Waals surface area contributed by atoms with Gasteiger partial charge in [0, 0.05) is 6.42 Å². The van der Waals surface area contributed by atoms with Crippen molar-refractivity contribution in [2.24, 2.45) is 0 Å². The van der Waals surface area contributed by atoms with Crippen LogP contribution in [-0.4, -0.2) is 24.3 Å². The van der Waals surface area contributed by atoms with Gasteiger partial charge in [-0.05, 0) is 44.9 Å². The van der Waals surface area contributed by atoms with E-state index in [9.17, 15) is 4.79 Å². The van der Waals surface area contributed by atoms with Crippen LogP contribution in [-0.2, 0) is 14.3 Å². The zero-order valence-electron chi connectivity index (χ0n) is 17.2. The molecule has 1 saturated carbocycles. The summed E-state index contributed by atoms with van der Waals surface area (Å²) in [4.78, 5) is 11.7. The molecule has 0 bridgehead atoms. The molecule has 26 heavy (non-hydrogen) atoms. The summed E-state index contributed by atoms with van der Waals surface area (Å²) in [5.74, 6) is 0.0285. The van der Waals surface area contributed by atoms with Gasteiger partial charge in [-0.25, -0.2) is 0 Å². The van der Waals surface area contributed by atoms with Gasteiger partial charge in [0.2, 0.25) is 0 Å². The molecule has 0 N–H and O–H groups in total. The second kappa shape index (κ2) is 13.6. The van der Waals surface area contributed by atoms with Gasteiger partial charge in [0.1, 0.15) is 6.10 Å². The number of unbranched alkanes of at least 4 members (excludes halogenated alkanes) is 9. The smallest absolute Gasteiger partial charge is 0.306 e. The molecule has 0 aromatic carbocycles. The summed E-state index contributed by atoms with van der Waals surface area (Å²) in [5.41, 5.74) is 0. The fourth-order valence-electron chi connectivity index (χ4n) is 4.21. The minimum atomic E-state index is 0.0285. The number of hydrogen-bond acceptors (Lipinski definition) is 3. The Morgan fingerprint density at radius 2 is 1.35 bits per heavy atom. The van der Waals surface area contributed by atoms with Gasteiger partial charge in [-0.15, -0.1) is 0 Å². The first kappa shape index (κ1) is 21.7. The number of carbonyl (C=O) groups is 1. The molecular weight excluding hydrogens is 324 g/mol. The van der Waals surface area contributed by atoms with Gasteiger partial charge < -0.3 is 9.47 Å². The third kappa shape index (κ3) is 9.94. The second-order valence-corrected chi connectivity index (χ2v) is 8.47. The normalized spacial score (nSPS) is 22.7. The van der Waals surface area contributed by atoms with Crippen LogP contribution in [0.4, 0.5) is 0 Å². The minimum absolute atomic E-state index is 0.0285. The number of carbonyl (C=O) groups excluding carboxylic acids is 1. The molecule has 1 aliphatic carbocycles. The highest BCUT2D eigenvalue weighted by atomic mass is 16.6. The van der Waals surface area contributed by atoms with Crippen molar-refractivity contribution in [2.45, 2.75) is 141 Å². The number of rotatable bonds is 16. The molecule has 1 saturated heterocycles. The van der Waals surface area contributed by atoms with Gasteiger partial charge in [-0.1, -0.05) is 71.1 Å². The van der Waals surface area contributed by atoms with E-state index < -0.39 is 0 Å². The van der Waals surface area contributed by atoms with E-state index in [1.807, 2.05) is 0 Å². The van der Waals surface area contributed by atoms with Crippen molar-refractivity contribution in [3.63, 3.8) is 0 Å². The Labute approximate surface area is 161 Å². The Bertz CT molecular complexity index is 362. The van der Waals surface area contributed by atoms with Crippen molar-refractivity contribution in [1.82, 2.24) is 0 Å². The summed E-state index contributed by atoms with van der Waals surface area (Å²) in [6.45, 7) is 2.27. The van der Waals surface area contributed by atoms with E-state index in [0.29, 0.717) is 18.6 Å². The van der Waals surface area contributed by atoms with Crippen LogP contribution >= 0.6 is 0 Å². The van der Waals surface area contributed by atoms with Crippen LogP contribution in [0.3, 0.4) is 0 Å². The molecule has 2 unspecified atom stereocenters. The van der Waals surface area contributed by atoms with E-state index in [2.05, 4.69) is 6.92 Å². The molecule has 2 atom stereocenters. The SMILES string of the molecule is CCCCCCCCC1OC1CCCCCCCC(=O)OC1CCCC1. The standard InChI is InChI=1S/C23H42O3/c1-2-3-4-5-7-10-17-21-22(26-21)18-11-8-6-9-12-19-23(24)25-20-15-13-14-16-20/h20-22H,2-19H2,1H3. The molecule has 2 fully saturated rings. The van der Waals surface area contributed by atoms with Crippen LogP contribution in [0.1, 0.15) is 122 Å². The molecule has 2 aliphatic rings. The first-order valence-electron chi connectivity index (χ1n) is 11.6. The Kier molecular flexibility index (Phi) is 11.3. The first-order chi connectivity index (χ1) is 12.8. The largest absolute Gasteiger partial charge is 0.462 e. The van der Waals surface area contributed by atoms with Crippen LogP contribution in [0.15, 0.2) is 0 Å². The van der Waals surface area contributed by atoms with E-state index in [4.69, 9.17) is 9.47 Å². The molecule has 0 aromatic heterocycles. The van der Waals surface area contributed by atoms with Gasteiger partial charge in [0.15, 0.2) is 0 Å². The van der Waals surface area contributed by atoms with Gasteiger partial charge in [0.25, 0.3) is 0 Å². The Balaban J connectivity index is 1.30. The van der Waals surface area contributed by atoms with Gasteiger partial charge >= 0.3 is 5.97 Å². The average Bonchev–Trinajstić information content (AvgIpc) is 3.17. The average molecular weight is 367 g/mol. The van der Waals surface area contributed by atoms with Crippen molar-refractivity contribution in [1.29, 1.82) is 0 Å². The summed E-state index contributed by atoms with van der Waals surface area (Å²) >= 11 is 0. The topological polar surface area (TPSA) is 38.8 Å². The lowest BCUT2D eigenvalue weighted by atomic mass is 10.0. The third-order valence-electron chi connectivity index (χ3n) is 6.00.